The van der Waals surface area contributed by atoms with E-state index in [-0.39, 0.29) is 5.82 Å². The lowest BCUT2D eigenvalue weighted by Crippen LogP contribution is -2.61. The van der Waals surface area contributed by atoms with Crippen LogP contribution in [0.3, 0.4) is 0 Å². The average Bonchev–Trinajstić information content (AvgIpc) is 3.18. The van der Waals surface area contributed by atoms with Crippen molar-refractivity contribution in [3.63, 3.8) is 0 Å². The van der Waals surface area contributed by atoms with Crippen LogP contribution >= 0.6 is 23.5 Å². The van der Waals surface area contributed by atoms with E-state index >= 15 is 0 Å². The summed E-state index contributed by atoms with van der Waals surface area (Å²) in [7, 11) is -17.2. The molecule has 21 nitrogen and oxygen atoms in total. The highest BCUT2D eigenvalue weighted by Gasteiger charge is 2.66. The lowest BCUT2D eigenvalue weighted by Gasteiger charge is -2.39. The first-order valence-electron chi connectivity index (χ1n) is 10.1. The van der Waals surface area contributed by atoms with E-state index in [2.05, 4.69) is 18.1 Å². The molecule has 11 N–H and O–H groups in total. The molecule has 3 heterocycles. The molecule has 0 amide bonds. The average molecular weight is 615 g/mol. The summed E-state index contributed by atoms with van der Waals surface area (Å²) >= 11 is 0. The number of hydrogen-bond donors (Lipinski definition) is 10. The van der Waals surface area contributed by atoms with Crippen LogP contribution in [0, 0.1) is 0 Å². The monoisotopic (exact) mass is 615 g/mol. The van der Waals surface area contributed by atoms with Gasteiger partial charge in [-0.2, -0.15) is 13.6 Å². The number of anilines is 1. The van der Waals surface area contributed by atoms with Gasteiger partial charge in [0, 0.05) is 6.20 Å². The molecule has 3 unspecified atom stereocenters. The molecule has 0 spiro atoms. The van der Waals surface area contributed by atoms with Crippen molar-refractivity contribution in [2.24, 2.45) is 0 Å². The van der Waals surface area contributed by atoms with Crippen LogP contribution in [-0.4, -0.2) is 111 Å². The van der Waals surface area contributed by atoms with Crippen molar-refractivity contribution in [2.75, 3.05) is 18.9 Å². The molecule has 0 aliphatic carbocycles. The Hall–Kier alpha value is -1.19. The van der Waals surface area contributed by atoms with Crippen molar-refractivity contribution in [1.29, 1.82) is 0 Å². The van der Waals surface area contributed by atoms with Crippen LogP contribution in [0.25, 0.3) is 0 Å². The van der Waals surface area contributed by atoms with Gasteiger partial charge in [0.2, 0.25) is 5.72 Å². The molecule has 2 saturated heterocycles. The standard InChI is InChI=1S/C14H24N3O18P3/c15-7-1-2-17(13(23)16-7)14(12-10(21)8(19)5(3-18)32-12)11(22)9(20)6(33-14)4-31-37(27,28)35-38(29,30)34-36(24,25)26/h1-2,5-6,8-12,18-22H,3-4H2,(H,27,28)(H,29,30)(H2,15,16,23)(H2,24,25,26)/t5-,6-,8-,9-,10+,11-,12?,14+/m1/s1. The van der Waals surface area contributed by atoms with Gasteiger partial charge >= 0.3 is 29.2 Å². The first kappa shape index (κ1) is 31.3. The van der Waals surface area contributed by atoms with Crippen LogP contribution in [0.15, 0.2) is 17.1 Å². The molecule has 38 heavy (non-hydrogen) atoms. The summed E-state index contributed by atoms with van der Waals surface area (Å²) in [6.07, 6.45) is -12.5. The van der Waals surface area contributed by atoms with Gasteiger partial charge in [0.15, 0.2) is 0 Å². The smallest absolute Gasteiger partial charge is 0.394 e. The normalized spacial score (nSPS) is 37.1. The molecular formula is C14H24N3O18P3. The van der Waals surface area contributed by atoms with Gasteiger partial charge in [0.05, 0.1) is 13.2 Å². The van der Waals surface area contributed by atoms with E-state index in [1.165, 1.54) is 0 Å². The van der Waals surface area contributed by atoms with Crippen molar-refractivity contribution < 1.29 is 81.4 Å². The Labute approximate surface area is 211 Å². The maximum absolute atomic E-state index is 12.7. The Morgan fingerprint density at radius 2 is 1.63 bits per heavy atom. The quantitative estimate of drug-likeness (QED) is 0.111. The molecule has 1 aromatic rings. The van der Waals surface area contributed by atoms with Crippen LogP contribution in [0.1, 0.15) is 0 Å². The molecule has 0 radical (unpaired) electrons. The second-order valence-corrected chi connectivity index (χ2v) is 12.4. The first-order valence-corrected chi connectivity index (χ1v) is 14.7. The van der Waals surface area contributed by atoms with E-state index in [4.69, 9.17) is 25.0 Å². The number of phosphoric acid groups is 3. The molecular weight excluding hydrogens is 591 g/mol. The Balaban J connectivity index is 1.93. The Kier molecular flexibility index (Phi) is 9.07. The largest absolute Gasteiger partial charge is 0.490 e. The van der Waals surface area contributed by atoms with E-state index in [1.807, 2.05) is 0 Å². The number of nitrogen functional groups attached to an aromatic ring is 1. The van der Waals surface area contributed by atoms with Crippen LogP contribution in [0.5, 0.6) is 0 Å². The lowest BCUT2D eigenvalue weighted by atomic mass is 9.92. The molecule has 10 atom stereocenters. The molecule has 0 saturated carbocycles. The van der Waals surface area contributed by atoms with Crippen LogP contribution in [-0.2, 0) is 42.0 Å². The molecule has 2 fully saturated rings. The summed E-state index contributed by atoms with van der Waals surface area (Å²) in [4.78, 5) is 52.2. The van der Waals surface area contributed by atoms with E-state index in [9.17, 15) is 53.8 Å². The van der Waals surface area contributed by atoms with Crippen LogP contribution in [0.2, 0.25) is 0 Å². The summed E-state index contributed by atoms with van der Waals surface area (Å²) in [5.74, 6) is -0.292. The summed E-state index contributed by atoms with van der Waals surface area (Å²) in [6, 6.07) is 1.05. The van der Waals surface area contributed by atoms with Gasteiger partial charge in [-0.1, -0.05) is 0 Å². The summed E-state index contributed by atoms with van der Waals surface area (Å²) in [6.45, 7) is -2.11. The highest BCUT2D eigenvalue weighted by atomic mass is 31.3. The van der Waals surface area contributed by atoms with E-state index in [0.717, 1.165) is 12.3 Å². The van der Waals surface area contributed by atoms with Gasteiger partial charge < -0.3 is 60.3 Å². The summed E-state index contributed by atoms with van der Waals surface area (Å²) < 4.78 is 57.4. The molecule has 3 rings (SSSR count). The summed E-state index contributed by atoms with van der Waals surface area (Å²) in [5.41, 5.74) is 1.60. The second kappa shape index (κ2) is 11.0. The highest BCUT2D eigenvalue weighted by Crippen LogP contribution is 2.66. The van der Waals surface area contributed by atoms with Crippen molar-refractivity contribution in [3.05, 3.63) is 22.7 Å². The second-order valence-electron chi connectivity index (χ2n) is 7.99. The van der Waals surface area contributed by atoms with Crippen LogP contribution < -0.4 is 11.4 Å². The zero-order valence-electron chi connectivity index (χ0n) is 18.6. The number of aromatic nitrogens is 2. The van der Waals surface area contributed by atoms with Crippen LogP contribution in [0.4, 0.5) is 5.82 Å². The predicted molar refractivity (Wildman–Crippen MR) is 115 cm³/mol. The van der Waals surface area contributed by atoms with Gasteiger partial charge in [-0.25, -0.2) is 18.5 Å². The topological polar surface area (TPSA) is 340 Å². The zero-order chi connectivity index (χ0) is 28.8. The first-order chi connectivity index (χ1) is 17.3. The number of aliphatic hydroxyl groups is 5. The number of hydrogen-bond acceptors (Lipinski definition) is 16. The third kappa shape index (κ3) is 6.41. The third-order valence-electron chi connectivity index (χ3n) is 5.44. The minimum Gasteiger partial charge on any atom is -0.394 e. The molecule has 2 aliphatic heterocycles. The van der Waals surface area contributed by atoms with E-state index in [0.29, 0.717) is 4.57 Å². The van der Waals surface area contributed by atoms with Gasteiger partial charge in [0.25, 0.3) is 0 Å². The van der Waals surface area contributed by atoms with Gasteiger partial charge in [-0.15, -0.1) is 0 Å². The molecule has 0 bridgehead atoms. The summed E-state index contributed by atoms with van der Waals surface area (Å²) in [5, 5.41) is 51.8. The van der Waals surface area contributed by atoms with Crippen molar-refractivity contribution in [2.45, 2.75) is 48.5 Å². The molecule has 24 heteroatoms. The third-order valence-corrected chi connectivity index (χ3v) is 9.24. The van der Waals surface area contributed by atoms with Gasteiger partial charge in [-0.3, -0.25) is 9.09 Å². The Morgan fingerprint density at radius 1 is 1.00 bits per heavy atom. The fourth-order valence-corrected chi connectivity index (χ4v) is 6.96. The van der Waals surface area contributed by atoms with Crippen molar-refractivity contribution in [1.82, 2.24) is 9.55 Å². The number of ether oxygens (including phenoxy) is 2. The highest BCUT2D eigenvalue weighted by molar-refractivity contribution is 7.66. The van der Waals surface area contributed by atoms with Crippen molar-refractivity contribution in [3.8, 4) is 0 Å². The minimum absolute atomic E-state index is 0.292. The predicted octanol–water partition coefficient (Wildman–Crippen LogP) is -4.58. The van der Waals surface area contributed by atoms with E-state index < -0.39 is 90.8 Å². The number of nitrogens with two attached hydrogens (primary N) is 1. The molecule has 1 aromatic heterocycles. The molecule has 2 aliphatic rings. The Morgan fingerprint density at radius 3 is 2.16 bits per heavy atom. The minimum atomic E-state index is -5.88. The Bertz CT molecular complexity index is 1220. The fourth-order valence-electron chi connectivity index (χ4n) is 3.93. The number of aliphatic hydroxyl groups excluding tert-OH is 5. The number of rotatable bonds is 10. The number of nitrogens with zero attached hydrogens (tertiary/aromatic N) is 2. The van der Waals surface area contributed by atoms with Gasteiger partial charge in [0.1, 0.15) is 48.5 Å². The lowest BCUT2D eigenvalue weighted by molar-refractivity contribution is -0.234. The zero-order valence-corrected chi connectivity index (χ0v) is 21.3. The maximum Gasteiger partial charge on any atom is 0.490 e. The molecule has 218 valence electrons. The SMILES string of the molecule is Nc1ccn([C@]2(C3O[C@H](CO)[C@@H](O)[C@@H]3O)O[C@H](COP(=O)(O)OP(=O)(O)OP(=O)(O)O)[C@@H](O)[C@H]2O)c(=O)n1. The number of phosphoric ester groups is 1. The molecule has 0 aromatic carbocycles. The van der Waals surface area contributed by atoms with Crippen molar-refractivity contribution >= 4 is 29.3 Å². The van der Waals surface area contributed by atoms with Gasteiger partial charge in [-0.05, 0) is 6.07 Å². The fraction of sp³-hybridized carbons (Fsp3) is 0.714. The van der Waals surface area contributed by atoms with E-state index in [1.54, 1.807) is 0 Å². The maximum atomic E-state index is 12.7.